The smallest absolute Gasteiger partial charge is 0.359 e. The largest absolute Gasteiger partial charge is 0.489 e. The molecule has 12 heteroatoms. The van der Waals surface area contributed by atoms with Crippen molar-refractivity contribution in [3.05, 3.63) is 35.7 Å². The van der Waals surface area contributed by atoms with Crippen molar-refractivity contribution in [1.29, 1.82) is 0 Å². The highest BCUT2D eigenvalue weighted by Gasteiger charge is 2.27. The minimum atomic E-state index is -3.78. The second-order valence-corrected chi connectivity index (χ2v) is 9.93. The fraction of sp³-hybridized carbons (Fsp3) is 0.500. The number of aryl methyl sites for hydroxylation is 1. The van der Waals surface area contributed by atoms with E-state index < -0.39 is 28.5 Å². The van der Waals surface area contributed by atoms with Crippen molar-refractivity contribution in [2.24, 2.45) is 0 Å². The van der Waals surface area contributed by atoms with Gasteiger partial charge in [-0.2, -0.15) is 9.40 Å². The van der Waals surface area contributed by atoms with Crippen molar-refractivity contribution in [2.45, 2.75) is 44.6 Å². The van der Waals surface area contributed by atoms with Crippen LogP contribution in [-0.2, 0) is 30.7 Å². The average molecular weight is 495 g/mol. The fourth-order valence-electron chi connectivity index (χ4n) is 3.31. The number of H-pyrrole nitrogens is 1. The van der Waals surface area contributed by atoms with Crippen LogP contribution in [0.4, 0.5) is 5.69 Å². The van der Waals surface area contributed by atoms with Gasteiger partial charge in [0.15, 0.2) is 12.3 Å². The van der Waals surface area contributed by atoms with Crippen molar-refractivity contribution in [3.8, 4) is 5.75 Å². The number of benzene rings is 1. The molecule has 1 amide bonds. The monoisotopic (exact) mass is 494 g/mol. The zero-order valence-electron chi connectivity index (χ0n) is 19.5. The lowest BCUT2D eigenvalue weighted by molar-refractivity contribution is -0.119. The summed E-state index contributed by atoms with van der Waals surface area (Å²) in [7, 11) is -3.78. The summed E-state index contributed by atoms with van der Waals surface area (Å²) < 4.78 is 43.4. The van der Waals surface area contributed by atoms with Crippen molar-refractivity contribution >= 4 is 27.6 Å². The number of nitrogens with zero attached hydrogens (tertiary/aromatic N) is 2. The molecule has 34 heavy (non-hydrogen) atoms. The topological polar surface area (TPSA) is 140 Å². The van der Waals surface area contributed by atoms with Gasteiger partial charge < -0.3 is 19.5 Å². The maximum absolute atomic E-state index is 13.0. The summed E-state index contributed by atoms with van der Waals surface area (Å²) in [5.41, 5.74) is 1.04. The second kappa shape index (κ2) is 11.4. The Labute approximate surface area is 198 Å². The van der Waals surface area contributed by atoms with Gasteiger partial charge in [0.2, 0.25) is 10.0 Å². The number of nitrogens with one attached hydrogen (secondary N) is 2. The number of morpholine rings is 1. The molecule has 0 spiro atoms. The standard InChI is InChI=1S/C22H30N4O7S/c1-4-5-16-12-19(25-24-16)22(28)32-14-21(27)23-18-13-17(6-7-20(18)33-15(2)3)34(29,30)26-8-10-31-11-9-26/h6-7,12-13,15H,4-5,8-11,14H2,1-3H3,(H,23,27)(H,24,25). The molecule has 0 bridgehead atoms. The Hall–Kier alpha value is -2.96. The first kappa shape index (κ1) is 25.7. The highest BCUT2D eigenvalue weighted by atomic mass is 32.2. The first-order valence-corrected chi connectivity index (χ1v) is 12.5. The van der Waals surface area contributed by atoms with Crippen LogP contribution < -0.4 is 10.1 Å². The Morgan fingerprint density at radius 2 is 1.97 bits per heavy atom. The predicted molar refractivity (Wildman–Crippen MR) is 123 cm³/mol. The molecule has 2 N–H and O–H groups in total. The van der Waals surface area contributed by atoms with Crippen LogP contribution in [0.2, 0.25) is 0 Å². The molecular weight excluding hydrogens is 464 g/mol. The van der Waals surface area contributed by atoms with E-state index >= 15 is 0 Å². The van der Waals surface area contributed by atoms with Gasteiger partial charge in [-0.25, -0.2) is 13.2 Å². The number of hydrogen-bond acceptors (Lipinski definition) is 8. The van der Waals surface area contributed by atoms with Crippen LogP contribution in [0, 0.1) is 0 Å². The summed E-state index contributed by atoms with van der Waals surface area (Å²) in [5.74, 6) is -1.09. The van der Waals surface area contributed by atoms with Gasteiger partial charge in [-0.05, 0) is 44.5 Å². The van der Waals surface area contributed by atoms with Crippen molar-refractivity contribution in [2.75, 3.05) is 38.2 Å². The third-order valence-electron chi connectivity index (χ3n) is 4.89. The van der Waals surface area contributed by atoms with Crippen molar-refractivity contribution < 1.29 is 32.2 Å². The van der Waals surface area contributed by atoms with Crippen LogP contribution in [-0.4, -0.2) is 73.8 Å². The number of carbonyl (C=O) groups excluding carboxylic acids is 2. The molecule has 0 unspecified atom stereocenters. The maximum Gasteiger partial charge on any atom is 0.359 e. The van der Waals surface area contributed by atoms with E-state index in [1.807, 2.05) is 20.8 Å². The molecule has 0 atom stereocenters. The minimum absolute atomic E-state index is 0.0118. The van der Waals surface area contributed by atoms with Gasteiger partial charge in [0.25, 0.3) is 5.91 Å². The number of amides is 1. The van der Waals surface area contributed by atoms with Crippen LogP contribution >= 0.6 is 0 Å². The molecule has 2 aromatic rings. The Kier molecular flexibility index (Phi) is 8.64. The lowest BCUT2D eigenvalue weighted by Crippen LogP contribution is -2.40. The Morgan fingerprint density at radius 1 is 1.24 bits per heavy atom. The lowest BCUT2D eigenvalue weighted by Gasteiger charge is -2.26. The molecule has 2 heterocycles. The van der Waals surface area contributed by atoms with E-state index in [1.165, 1.54) is 22.5 Å². The summed E-state index contributed by atoms with van der Waals surface area (Å²) >= 11 is 0. The molecule has 186 valence electrons. The van der Waals surface area contributed by atoms with E-state index in [0.29, 0.717) is 19.0 Å². The van der Waals surface area contributed by atoms with Gasteiger partial charge in [0.05, 0.1) is 29.9 Å². The number of carbonyl (C=O) groups is 2. The average Bonchev–Trinajstić information content (AvgIpc) is 3.28. The fourth-order valence-corrected chi connectivity index (χ4v) is 4.75. The predicted octanol–water partition coefficient (Wildman–Crippen LogP) is 1.97. The van der Waals surface area contributed by atoms with Gasteiger partial charge in [-0.15, -0.1) is 0 Å². The van der Waals surface area contributed by atoms with Crippen LogP contribution in [0.3, 0.4) is 0 Å². The number of esters is 1. The van der Waals surface area contributed by atoms with Crippen LogP contribution in [0.5, 0.6) is 5.75 Å². The molecule has 0 radical (unpaired) electrons. The number of sulfonamides is 1. The minimum Gasteiger partial charge on any atom is -0.489 e. The van der Waals surface area contributed by atoms with E-state index in [1.54, 1.807) is 6.07 Å². The zero-order chi connectivity index (χ0) is 24.7. The van der Waals surface area contributed by atoms with Crippen molar-refractivity contribution in [3.63, 3.8) is 0 Å². The highest BCUT2D eigenvalue weighted by molar-refractivity contribution is 7.89. The summed E-state index contributed by atoms with van der Waals surface area (Å²) in [5, 5.41) is 9.23. The van der Waals surface area contributed by atoms with Gasteiger partial charge in [0, 0.05) is 18.8 Å². The van der Waals surface area contributed by atoms with E-state index in [-0.39, 0.29) is 35.5 Å². The quantitative estimate of drug-likeness (QED) is 0.478. The molecule has 1 aliphatic rings. The number of aromatic nitrogens is 2. The molecule has 0 aliphatic carbocycles. The molecule has 1 aliphatic heterocycles. The summed E-state index contributed by atoms with van der Waals surface area (Å²) in [6.45, 7) is 6.18. The van der Waals surface area contributed by atoms with Crippen LogP contribution in [0.1, 0.15) is 43.4 Å². The molecule has 0 saturated carbocycles. The van der Waals surface area contributed by atoms with E-state index in [0.717, 1.165) is 18.5 Å². The Morgan fingerprint density at radius 3 is 2.65 bits per heavy atom. The molecule has 1 fully saturated rings. The number of anilines is 1. The van der Waals surface area contributed by atoms with E-state index in [9.17, 15) is 18.0 Å². The molecular formula is C22H30N4O7S. The molecule has 1 saturated heterocycles. The zero-order valence-corrected chi connectivity index (χ0v) is 20.3. The Bertz CT molecular complexity index is 1110. The highest BCUT2D eigenvalue weighted by Crippen LogP contribution is 2.30. The molecule has 11 nitrogen and oxygen atoms in total. The Balaban J connectivity index is 1.72. The van der Waals surface area contributed by atoms with E-state index in [2.05, 4.69) is 15.5 Å². The maximum atomic E-state index is 13.0. The summed E-state index contributed by atoms with van der Waals surface area (Å²) in [6.07, 6.45) is 1.41. The number of hydrogen-bond donors (Lipinski definition) is 2. The van der Waals surface area contributed by atoms with Crippen molar-refractivity contribution in [1.82, 2.24) is 14.5 Å². The van der Waals surface area contributed by atoms with Gasteiger partial charge in [-0.3, -0.25) is 9.89 Å². The molecule has 3 rings (SSSR count). The van der Waals surface area contributed by atoms with E-state index in [4.69, 9.17) is 14.2 Å². The normalized spacial score (nSPS) is 14.7. The SMILES string of the molecule is CCCc1cc(C(=O)OCC(=O)Nc2cc(S(=O)(=O)N3CCOCC3)ccc2OC(C)C)n[nH]1. The van der Waals surface area contributed by atoms with Crippen LogP contribution in [0.15, 0.2) is 29.2 Å². The molecule has 1 aromatic carbocycles. The first-order chi connectivity index (χ1) is 16.2. The second-order valence-electron chi connectivity index (χ2n) is 7.99. The summed E-state index contributed by atoms with van der Waals surface area (Å²) in [4.78, 5) is 24.7. The first-order valence-electron chi connectivity index (χ1n) is 11.1. The molecule has 1 aromatic heterocycles. The van der Waals surface area contributed by atoms with Gasteiger partial charge >= 0.3 is 5.97 Å². The van der Waals surface area contributed by atoms with Gasteiger partial charge in [-0.1, -0.05) is 13.3 Å². The number of rotatable bonds is 10. The lowest BCUT2D eigenvalue weighted by atomic mass is 10.2. The number of aromatic amines is 1. The third-order valence-corrected chi connectivity index (χ3v) is 6.78. The number of ether oxygens (including phenoxy) is 3. The van der Waals surface area contributed by atoms with Crippen LogP contribution in [0.25, 0.3) is 0 Å². The summed E-state index contributed by atoms with van der Waals surface area (Å²) in [6, 6.07) is 5.85. The van der Waals surface area contributed by atoms with Gasteiger partial charge in [0.1, 0.15) is 5.75 Å². The third kappa shape index (κ3) is 6.55.